The van der Waals surface area contributed by atoms with Crippen molar-refractivity contribution in [3.05, 3.63) is 52.2 Å². The van der Waals surface area contributed by atoms with Gasteiger partial charge in [0.25, 0.3) is 5.72 Å². The van der Waals surface area contributed by atoms with Crippen LogP contribution in [0.2, 0.25) is 0 Å². The minimum atomic E-state index is -0.904. The highest BCUT2D eigenvalue weighted by molar-refractivity contribution is 8.13. The lowest BCUT2D eigenvalue weighted by molar-refractivity contribution is -0.655. The first-order valence-electron chi connectivity index (χ1n) is 7.57. The highest BCUT2D eigenvalue weighted by atomic mass is 32.2. The molecule has 4 rings (SSSR count). The summed E-state index contributed by atoms with van der Waals surface area (Å²) in [5, 5.41) is 14.7. The summed E-state index contributed by atoms with van der Waals surface area (Å²) >= 11 is 3.49. The number of β-amino-alcohol motifs (C(OH)–C–C–N with tert-alkyl or cyclic N) is 1. The molecule has 2 aliphatic rings. The molecule has 114 valence electrons. The fourth-order valence-electron chi connectivity index (χ4n) is 3.27. The average Bonchev–Trinajstić information content (AvgIpc) is 3.16. The minimum absolute atomic E-state index is 0.598. The summed E-state index contributed by atoms with van der Waals surface area (Å²) in [6.45, 7) is 3.65. The third-order valence-electron chi connectivity index (χ3n) is 4.37. The minimum Gasteiger partial charge on any atom is -0.346 e. The van der Waals surface area contributed by atoms with E-state index in [-0.39, 0.29) is 0 Å². The highest BCUT2D eigenvalue weighted by Crippen LogP contribution is 2.39. The summed E-state index contributed by atoms with van der Waals surface area (Å²) in [5.41, 5.74) is 1.54. The zero-order chi connectivity index (χ0) is 15.2. The second-order valence-corrected chi connectivity index (χ2v) is 7.81. The van der Waals surface area contributed by atoms with Gasteiger partial charge in [-0.2, -0.15) is 0 Å². The molecule has 3 nitrogen and oxygen atoms in total. The fraction of sp³-hybridized carbons (Fsp3) is 0.353. The van der Waals surface area contributed by atoms with Crippen LogP contribution in [0.15, 0.2) is 41.8 Å². The van der Waals surface area contributed by atoms with Crippen molar-refractivity contribution in [2.24, 2.45) is 0 Å². The van der Waals surface area contributed by atoms with Crippen LogP contribution in [0.1, 0.15) is 16.9 Å². The molecule has 1 unspecified atom stereocenters. The molecule has 1 aromatic heterocycles. The number of anilines is 1. The van der Waals surface area contributed by atoms with Crippen LogP contribution in [0.25, 0.3) is 0 Å². The van der Waals surface area contributed by atoms with Crippen molar-refractivity contribution in [3.63, 3.8) is 0 Å². The van der Waals surface area contributed by atoms with Gasteiger partial charge in [0, 0.05) is 5.75 Å². The Bertz CT molecular complexity index is 726. The van der Waals surface area contributed by atoms with Crippen LogP contribution in [-0.2, 0) is 5.72 Å². The van der Waals surface area contributed by atoms with E-state index in [1.54, 1.807) is 11.3 Å². The highest BCUT2D eigenvalue weighted by Gasteiger charge is 2.54. The standard InChI is InChI=1S/C17H19N2OS2/c1-13-6-2-3-7-14(13)18-12-17(20,15-8-4-10-21-15)19-9-5-11-22-16(18)19/h2-4,6-8,10,20H,5,9,11-12H2,1H3/q+1. The van der Waals surface area contributed by atoms with E-state index in [0.717, 1.165) is 23.6 Å². The molecule has 0 spiro atoms. The van der Waals surface area contributed by atoms with E-state index in [9.17, 15) is 5.11 Å². The molecule has 0 aliphatic carbocycles. The van der Waals surface area contributed by atoms with Crippen molar-refractivity contribution < 1.29 is 9.68 Å². The van der Waals surface area contributed by atoms with Crippen LogP contribution >= 0.6 is 23.1 Å². The number of benzene rings is 1. The number of hydrogen-bond acceptors (Lipinski definition) is 4. The Hall–Kier alpha value is -1.30. The lowest BCUT2D eigenvalue weighted by Crippen LogP contribution is -2.40. The molecule has 0 fully saturated rings. The number of aliphatic hydroxyl groups is 1. The molecule has 1 aromatic carbocycles. The maximum absolute atomic E-state index is 11.4. The molecule has 2 aromatic rings. The molecular formula is C17H19N2OS2+. The second kappa shape index (κ2) is 5.41. The first-order valence-corrected chi connectivity index (χ1v) is 9.43. The predicted molar refractivity (Wildman–Crippen MR) is 94.0 cm³/mol. The Morgan fingerprint density at radius 3 is 2.86 bits per heavy atom. The van der Waals surface area contributed by atoms with Crippen LogP contribution in [0.3, 0.4) is 0 Å². The van der Waals surface area contributed by atoms with Crippen molar-refractivity contribution in [2.45, 2.75) is 19.1 Å². The maximum atomic E-state index is 11.4. The summed E-state index contributed by atoms with van der Waals surface area (Å²) < 4.78 is 2.19. The van der Waals surface area contributed by atoms with E-state index >= 15 is 0 Å². The van der Waals surface area contributed by atoms with E-state index in [0.29, 0.717) is 6.54 Å². The fourth-order valence-corrected chi connectivity index (χ4v) is 5.27. The number of para-hydroxylation sites is 1. The quantitative estimate of drug-likeness (QED) is 0.856. The van der Waals surface area contributed by atoms with E-state index in [4.69, 9.17) is 0 Å². The van der Waals surface area contributed by atoms with Gasteiger partial charge in [-0.15, -0.1) is 11.3 Å². The Morgan fingerprint density at radius 2 is 2.09 bits per heavy atom. The van der Waals surface area contributed by atoms with Gasteiger partial charge in [-0.25, -0.2) is 9.48 Å². The lowest BCUT2D eigenvalue weighted by Gasteiger charge is -2.22. The Balaban J connectivity index is 1.83. The topological polar surface area (TPSA) is 26.5 Å². The second-order valence-electron chi connectivity index (χ2n) is 5.80. The molecular weight excluding hydrogens is 312 g/mol. The first-order chi connectivity index (χ1) is 10.7. The summed E-state index contributed by atoms with van der Waals surface area (Å²) in [7, 11) is 0. The van der Waals surface area contributed by atoms with Gasteiger partial charge in [0.2, 0.25) is 0 Å². The van der Waals surface area contributed by atoms with Crippen molar-refractivity contribution in [1.29, 1.82) is 0 Å². The van der Waals surface area contributed by atoms with E-state index in [2.05, 4.69) is 40.7 Å². The smallest absolute Gasteiger partial charge is 0.316 e. The molecule has 2 aliphatic heterocycles. The molecule has 1 N–H and O–H groups in total. The Kier molecular flexibility index (Phi) is 3.51. The third-order valence-corrected chi connectivity index (χ3v) is 6.57. The van der Waals surface area contributed by atoms with Crippen LogP contribution in [0, 0.1) is 6.92 Å². The molecule has 5 heteroatoms. The van der Waals surface area contributed by atoms with Crippen molar-refractivity contribution in [3.8, 4) is 0 Å². The number of amidine groups is 1. The van der Waals surface area contributed by atoms with Crippen LogP contribution in [0.5, 0.6) is 0 Å². The van der Waals surface area contributed by atoms with Gasteiger partial charge in [0.05, 0.1) is 11.4 Å². The SMILES string of the molecule is Cc1ccccc1N1CC(O)(c2cccs2)[N+]2=C1SCCC2. The van der Waals surface area contributed by atoms with E-state index < -0.39 is 5.72 Å². The van der Waals surface area contributed by atoms with Crippen LogP contribution in [-0.4, -0.2) is 33.7 Å². The number of hydrogen-bond donors (Lipinski definition) is 1. The van der Waals surface area contributed by atoms with Gasteiger partial charge in [0.15, 0.2) is 6.54 Å². The van der Waals surface area contributed by atoms with Crippen molar-refractivity contribution in [2.75, 3.05) is 23.7 Å². The number of aryl methyl sites for hydroxylation is 1. The Morgan fingerprint density at radius 1 is 1.23 bits per heavy atom. The molecule has 0 bridgehead atoms. The molecule has 0 amide bonds. The zero-order valence-corrected chi connectivity index (χ0v) is 14.2. The molecule has 1 atom stereocenters. The normalized spacial score (nSPS) is 24.7. The van der Waals surface area contributed by atoms with Gasteiger partial charge < -0.3 is 5.11 Å². The van der Waals surface area contributed by atoms with Gasteiger partial charge in [0.1, 0.15) is 5.69 Å². The average molecular weight is 331 g/mol. The summed E-state index contributed by atoms with van der Waals surface area (Å²) in [5.74, 6) is 1.12. The van der Waals surface area contributed by atoms with Gasteiger partial charge in [-0.05, 0) is 48.2 Å². The maximum Gasteiger partial charge on any atom is 0.316 e. The van der Waals surface area contributed by atoms with E-state index in [1.807, 2.05) is 29.3 Å². The Labute approximate surface area is 138 Å². The number of rotatable bonds is 2. The number of thioether (sulfide) groups is 1. The molecule has 0 saturated heterocycles. The molecule has 22 heavy (non-hydrogen) atoms. The lowest BCUT2D eigenvalue weighted by atomic mass is 10.1. The van der Waals surface area contributed by atoms with Gasteiger partial charge in [-0.1, -0.05) is 24.3 Å². The molecule has 0 radical (unpaired) electrons. The van der Waals surface area contributed by atoms with Gasteiger partial charge in [-0.3, -0.25) is 0 Å². The zero-order valence-electron chi connectivity index (χ0n) is 12.5. The summed E-state index contributed by atoms with van der Waals surface area (Å²) in [6.07, 6.45) is 1.11. The van der Waals surface area contributed by atoms with Gasteiger partial charge >= 0.3 is 5.17 Å². The largest absolute Gasteiger partial charge is 0.346 e. The monoisotopic (exact) mass is 331 g/mol. The van der Waals surface area contributed by atoms with Crippen LogP contribution in [0.4, 0.5) is 5.69 Å². The number of nitrogens with zero attached hydrogens (tertiary/aromatic N) is 2. The van der Waals surface area contributed by atoms with Crippen LogP contribution < -0.4 is 4.90 Å². The molecule has 0 saturated carbocycles. The predicted octanol–water partition coefficient (Wildman–Crippen LogP) is 3.23. The van der Waals surface area contributed by atoms with Crippen molar-refractivity contribution in [1.82, 2.24) is 0 Å². The summed E-state index contributed by atoms with van der Waals surface area (Å²) in [4.78, 5) is 3.32. The molecule has 3 heterocycles. The third kappa shape index (κ3) is 2.11. The van der Waals surface area contributed by atoms with E-state index in [1.165, 1.54) is 16.4 Å². The summed E-state index contributed by atoms with van der Waals surface area (Å²) in [6, 6.07) is 12.5. The number of thiophene rings is 1. The first kappa shape index (κ1) is 14.3. The van der Waals surface area contributed by atoms with Crippen molar-refractivity contribution >= 4 is 34.0 Å².